The lowest BCUT2D eigenvalue weighted by Crippen LogP contribution is -2.49. The van der Waals surface area contributed by atoms with Crippen molar-refractivity contribution in [2.75, 3.05) is 37.3 Å². The zero-order valence-corrected chi connectivity index (χ0v) is 16.9. The van der Waals surface area contributed by atoms with E-state index in [1.165, 1.54) is 6.33 Å². The monoisotopic (exact) mass is 395 g/mol. The molecule has 1 saturated heterocycles. The smallest absolute Gasteiger partial charge is 0.241 e. The predicted octanol–water partition coefficient (Wildman–Crippen LogP) is 0.255. The van der Waals surface area contributed by atoms with Gasteiger partial charge in [0.1, 0.15) is 29.2 Å². The number of nitrogens with zero attached hydrogens (tertiary/aromatic N) is 4. The summed E-state index contributed by atoms with van der Waals surface area (Å²) in [7, 11) is 1.80. The number of piperazine rings is 1. The molecular formula is C21H27N6O2+. The number of likely N-dealkylation sites (N-methyl/N-ethyl adjacent to an activating group) is 1. The Morgan fingerprint density at radius 2 is 2.07 bits per heavy atom. The second kappa shape index (κ2) is 7.35. The molecule has 29 heavy (non-hydrogen) atoms. The van der Waals surface area contributed by atoms with Crippen LogP contribution >= 0.6 is 0 Å². The van der Waals surface area contributed by atoms with Crippen molar-refractivity contribution in [2.45, 2.75) is 31.8 Å². The first kappa shape index (κ1) is 19.2. The van der Waals surface area contributed by atoms with Gasteiger partial charge in [-0.25, -0.2) is 9.97 Å². The predicted molar refractivity (Wildman–Crippen MR) is 111 cm³/mol. The van der Waals surface area contributed by atoms with Crippen LogP contribution in [0.4, 0.5) is 11.5 Å². The molecule has 1 aliphatic heterocycles. The van der Waals surface area contributed by atoms with Gasteiger partial charge in [0.05, 0.1) is 12.1 Å². The molecule has 1 saturated carbocycles. The van der Waals surface area contributed by atoms with Gasteiger partial charge in [-0.05, 0) is 37.5 Å². The third kappa shape index (κ3) is 3.87. The minimum atomic E-state index is -0.0435. The first-order valence-electron chi connectivity index (χ1n) is 9.93. The number of ether oxygens (including phenoxy) is 1. The van der Waals surface area contributed by atoms with Crippen molar-refractivity contribution in [2.24, 2.45) is 0 Å². The van der Waals surface area contributed by atoms with Gasteiger partial charge in [0, 0.05) is 31.9 Å². The first-order chi connectivity index (χ1) is 13.9. The van der Waals surface area contributed by atoms with Gasteiger partial charge in [0.15, 0.2) is 0 Å². The van der Waals surface area contributed by atoms with Crippen molar-refractivity contribution in [1.82, 2.24) is 14.9 Å². The van der Waals surface area contributed by atoms with Gasteiger partial charge in [-0.15, -0.1) is 0 Å². The van der Waals surface area contributed by atoms with E-state index in [2.05, 4.69) is 16.9 Å². The molecule has 0 unspecified atom stereocenters. The molecule has 1 amide bonds. The van der Waals surface area contributed by atoms with Crippen molar-refractivity contribution >= 4 is 23.1 Å². The Hall–Kier alpha value is -3.16. The minimum absolute atomic E-state index is 0.0435. The largest absolute Gasteiger partial charge is 0.487 e. The number of nitrogens with two attached hydrogens (primary N) is 2. The van der Waals surface area contributed by atoms with E-state index in [0.717, 1.165) is 25.0 Å². The molecule has 4 rings (SSSR count). The van der Waals surface area contributed by atoms with E-state index < -0.39 is 0 Å². The lowest BCUT2D eigenvalue weighted by molar-refractivity contribution is -0.129. The highest BCUT2D eigenvalue weighted by molar-refractivity contribution is 6.11. The van der Waals surface area contributed by atoms with Crippen LogP contribution in [0.15, 0.2) is 30.6 Å². The second-order valence-corrected chi connectivity index (χ2v) is 7.80. The summed E-state index contributed by atoms with van der Waals surface area (Å²) in [4.78, 5) is 24.3. The molecule has 1 aliphatic carbocycles. The first-order valence-corrected chi connectivity index (χ1v) is 9.93. The lowest BCUT2D eigenvalue weighted by Gasteiger charge is -2.32. The number of carbonyl (C=O) groups is 1. The molecule has 0 bridgehead atoms. The van der Waals surface area contributed by atoms with E-state index in [9.17, 15) is 4.79 Å². The van der Waals surface area contributed by atoms with Crippen molar-refractivity contribution in [3.63, 3.8) is 0 Å². The summed E-state index contributed by atoms with van der Waals surface area (Å²) >= 11 is 0. The average Bonchev–Trinajstić information content (AvgIpc) is 3.51. The minimum Gasteiger partial charge on any atom is -0.487 e. The molecule has 0 spiro atoms. The summed E-state index contributed by atoms with van der Waals surface area (Å²) < 4.78 is 6.18. The molecule has 0 atom stereocenters. The van der Waals surface area contributed by atoms with Crippen LogP contribution in [0.2, 0.25) is 0 Å². The molecule has 2 aliphatic rings. The molecule has 2 heterocycles. The third-order valence-corrected chi connectivity index (χ3v) is 5.81. The summed E-state index contributed by atoms with van der Waals surface area (Å²) in [5.74, 6) is 1.50. The highest BCUT2D eigenvalue weighted by atomic mass is 16.5. The van der Waals surface area contributed by atoms with Gasteiger partial charge in [-0.1, -0.05) is 6.92 Å². The quantitative estimate of drug-likeness (QED) is 0.536. The highest BCUT2D eigenvalue weighted by Crippen LogP contribution is 2.43. The van der Waals surface area contributed by atoms with Gasteiger partial charge < -0.3 is 20.3 Å². The number of hydrogen-bond donors (Lipinski definition) is 2. The van der Waals surface area contributed by atoms with Crippen LogP contribution in [0.5, 0.6) is 5.75 Å². The number of benzene rings is 1. The second-order valence-electron chi connectivity index (χ2n) is 7.80. The molecular weight excluding hydrogens is 368 g/mol. The van der Waals surface area contributed by atoms with E-state index in [1.54, 1.807) is 18.0 Å². The van der Waals surface area contributed by atoms with E-state index in [0.29, 0.717) is 41.6 Å². The van der Waals surface area contributed by atoms with Crippen LogP contribution < -0.4 is 20.8 Å². The number of aromatic nitrogens is 2. The molecule has 2 fully saturated rings. The number of hydrogen-bond acceptors (Lipinski definition) is 6. The SMILES string of the molecule is CCC1(Oc2ccc(N)c(C(=[NH2+])c3cc(N4CCN(C)C(=O)C4)ncn3)c2)CC1. The topological polar surface area (TPSA) is 110 Å². The Kier molecular flexibility index (Phi) is 4.86. The third-order valence-electron chi connectivity index (χ3n) is 5.81. The fourth-order valence-corrected chi connectivity index (χ4v) is 3.51. The van der Waals surface area contributed by atoms with Crippen molar-refractivity contribution < 1.29 is 14.9 Å². The molecule has 0 radical (unpaired) electrons. The van der Waals surface area contributed by atoms with Crippen LogP contribution in [-0.2, 0) is 4.79 Å². The number of anilines is 2. The lowest BCUT2D eigenvalue weighted by atomic mass is 10.0. The zero-order valence-electron chi connectivity index (χ0n) is 16.9. The Balaban J connectivity index is 1.57. The van der Waals surface area contributed by atoms with Crippen molar-refractivity contribution in [3.8, 4) is 5.75 Å². The Labute approximate surface area is 170 Å². The standard InChI is InChI=1S/C21H26N6O2/c1-3-21(6-7-21)29-14-4-5-16(22)15(10-14)20(23)17-11-18(25-13-24-17)27-9-8-26(2)19(28)12-27/h4-5,10-11,13,23H,3,6-9,12,22H2,1-2H3/p+1. The summed E-state index contributed by atoms with van der Waals surface area (Å²) in [6.07, 6.45) is 4.58. The van der Waals surface area contributed by atoms with Crippen LogP contribution in [0.25, 0.3) is 0 Å². The molecule has 8 heteroatoms. The molecule has 4 N–H and O–H groups in total. The van der Waals surface area contributed by atoms with Crippen molar-refractivity contribution in [3.05, 3.63) is 41.9 Å². The summed E-state index contributed by atoms with van der Waals surface area (Å²) in [6.45, 7) is 3.79. The maximum absolute atomic E-state index is 12.0. The van der Waals surface area contributed by atoms with E-state index >= 15 is 0 Å². The maximum Gasteiger partial charge on any atom is 0.241 e. The molecule has 152 valence electrons. The fraction of sp³-hybridized carbons (Fsp3) is 0.429. The molecule has 2 aromatic rings. The van der Waals surface area contributed by atoms with Gasteiger partial charge in [0.2, 0.25) is 11.6 Å². The normalized spacial score (nSPS) is 17.9. The number of rotatable bonds is 6. The summed E-state index contributed by atoms with van der Waals surface area (Å²) in [5, 5.41) is 6.44. The average molecular weight is 395 g/mol. The van der Waals surface area contributed by atoms with Crippen LogP contribution in [-0.4, -0.2) is 58.8 Å². The number of amides is 1. The number of carbonyl (C=O) groups excluding carboxylic acids is 1. The van der Waals surface area contributed by atoms with Gasteiger partial charge >= 0.3 is 0 Å². The van der Waals surface area contributed by atoms with Gasteiger partial charge in [0.25, 0.3) is 0 Å². The van der Waals surface area contributed by atoms with Gasteiger partial charge in [-0.2, -0.15) is 0 Å². The number of nitrogen functional groups attached to an aromatic ring is 1. The van der Waals surface area contributed by atoms with Crippen LogP contribution in [0.1, 0.15) is 37.4 Å². The fourth-order valence-electron chi connectivity index (χ4n) is 3.51. The van der Waals surface area contributed by atoms with Crippen molar-refractivity contribution in [1.29, 1.82) is 0 Å². The summed E-state index contributed by atoms with van der Waals surface area (Å²) in [5.41, 5.74) is 8.43. The van der Waals surface area contributed by atoms with E-state index in [-0.39, 0.29) is 18.1 Å². The summed E-state index contributed by atoms with van der Waals surface area (Å²) in [6, 6.07) is 7.37. The molecule has 1 aromatic heterocycles. The Morgan fingerprint density at radius 3 is 2.76 bits per heavy atom. The molecule has 1 aromatic carbocycles. The Bertz CT molecular complexity index is 956. The van der Waals surface area contributed by atoms with Gasteiger partial charge in [-0.3, -0.25) is 10.2 Å². The van der Waals surface area contributed by atoms with E-state index in [1.807, 2.05) is 23.1 Å². The maximum atomic E-state index is 12.0. The highest BCUT2D eigenvalue weighted by Gasteiger charge is 2.43. The van der Waals surface area contributed by atoms with E-state index in [4.69, 9.17) is 15.9 Å². The molecule has 8 nitrogen and oxygen atoms in total. The van der Waals surface area contributed by atoms with Crippen LogP contribution in [0.3, 0.4) is 0 Å². The Morgan fingerprint density at radius 1 is 1.28 bits per heavy atom. The van der Waals surface area contributed by atoms with Crippen LogP contribution in [0, 0.1) is 0 Å². The zero-order chi connectivity index (χ0) is 20.6.